The maximum Gasteiger partial charge on any atom is 0.407 e. The Morgan fingerprint density at radius 1 is 1.09 bits per heavy atom. The van der Waals surface area contributed by atoms with Crippen LogP contribution in [0.25, 0.3) is 11.1 Å². The van der Waals surface area contributed by atoms with E-state index in [1.807, 2.05) is 48.5 Å². The Kier molecular flexibility index (Phi) is 7.11. The van der Waals surface area contributed by atoms with Gasteiger partial charge in [-0.1, -0.05) is 48.5 Å². The zero-order chi connectivity index (χ0) is 25.2. The number of nitrogens with zero attached hydrogens (tertiary/aromatic N) is 1. The van der Waals surface area contributed by atoms with Crippen molar-refractivity contribution in [3.8, 4) is 11.1 Å². The van der Waals surface area contributed by atoms with E-state index in [1.165, 1.54) is 4.90 Å². The van der Waals surface area contributed by atoms with Crippen LogP contribution in [-0.2, 0) is 24.2 Å². The molecular weight excluding hydrogens is 472 g/mol. The number of carbonyl (C=O) groups is 3. The first kappa shape index (κ1) is 24.7. The second-order valence-electron chi connectivity index (χ2n) is 8.80. The van der Waals surface area contributed by atoms with Crippen molar-refractivity contribution >= 4 is 27.8 Å². The maximum absolute atomic E-state index is 13.1. The van der Waals surface area contributed by atoms with E-state index in [4.69, 9.17) is 4.74 Å². The van der Waals surface area contributed by atoms with Crippen LogP contribution < -0.4 is 5.32 Å². The quantitative estimate of drug-likeness (QED) is 0.569. The third-order valence-corrected chi connectivity index (χ3v) is 8.34. The minimum atomic E-state index is -3.25. The van der Waals surface area contributed by atoms with Crippen LogP contribution in [0.2, 0.25) is 0 Å². The molecule has 1 fully saturated rings. The average molecular weight is 501 g/mol. The molecule has 1 aliphatic heterocycles. The second-order valence-corrected chi connectivity index (χ2v) is 11.0. The number of carbonyl (C=O) groups excluding carboxylic acids is 2. The number of ether oxygens (including phenoxy) is 1. The van der Waals surface area contributed by atoms with Gasteiger partial charge in [0.2, 0.25) is 5.91 Å². The number of likely N-dealkylation sites (N-methyl/N-ethyl adjacent to an activating group) is 1. The number of carboxylic acid groups (broad SMARTS) is 1. The number of fused-ring (bicyclic) bond motifs is 3. The van der Waals surface area contributed by atoms with E-state index in [-0.39, 0.29) is 37.0 Å². The molecule has 1 aliphatic carbocycles. The number of aliphatic carboxylic acids is 1. The number of rotatable bonds is 8. The first-order chi connectivity index (χ1) is 16.7. The molecule has 0 bridgehead atoms. The largest absolute Gasteiger partial charge is 0.481 e. The molecule has 2 amide bonds. The number of nitrogens with one attached hydrogen (secondary N) is 1. The third-order valence-electron chi connectivity index (χ3n) is 6.59. The summed E-state index contributed by atoms with van der Waals surface area (Å²) in [4.78, 5) is 38.5. The molecule has 10 heteroatoms. The van der Waals surface area contributed by atoms with E-state index in [0.717, 1.165) is 22.3 Å². The van der Waals surface area contributed by atoms with Crippen molar-refractivity contribution in [1.29, 1.82) is 0 Å². The van der Waals surface area contributed by atoms with Crippen molar-refractivity contribution in [1.82, 2.24) is 10.2 Å². The van der Waals surface area contributed by atoms with Crippen molar-refractivity contribution in [2.24, 2.45) is 0 Å². The van der Waals surface area contributed by atoms with Gasteiger partial charge in [0.1, 0.15) is 12.6 Å². The fraction of sp³-hybridized carbons (Fsp3) is 0.400. The summed E-state index contributed by atoms with van der Waals surface area (Å²) in [6, 6.07) is 13.8. The Morgan fingerprint density at radius 3 is 2.20 bits per heavy atom. The molecule has 4 rings (SSSR count). The molecule has 1 heterocycles. The lowest BCUT2D eigenvalue weighted by Crippen LogP contribution is -2.53. The van der Waals surface area contributed by atoms with Gasteiger partial charge in [0.05, 0.1) is 17.9 Å². The van der Waals surface area contributed by atoms with E-state index in [1.54, 1.807) is 6.92 Å². The number of amides is 2. The average Bonchev–Trinajstić information content (AvgIpc) is 3.34. The summed E-state index contributed by atoms with van der Waals surface area (Å²) >= 11 is 0. The third kappa shape index (κ3) is 5.32. The van der Waals surface area contributed by atoms with E-state index in [2.05, 4.69) is 5.32 Å². The van der Waals surface area contributed by atoms with Gasteiger partial charge in [0.15, 0.2) is 9.84 Å². The lowest BCUT2D eigenvalue weighted by Gasteiger charge is -2.30. The Balaban J connectivity index is 1.45. The Labute approximate surface area is 204 Å². The van der Waals surface area contributed by atoms with Crippen LogP contribution in [0.4, 0.5) is 4.79 Å². The van der Waals surface area contributed by atoms with Crippen molar-refractivity contribution in [3.05, 3.63) is 59.7 Å². The van der Waals surface area contributed by atoms with Gasteiger partial charge in [0, 0.05) is 18.5 Å². The zero-order valence-electron chi connectivity index (χ0n) is 19.3. The van der Waals surface area contributed by atoms with Crippen LogP contribution in [0.1, 0.15) is 36.8 Å². The first-order valence-electron chi connectivity index (χ1n) is 11.5. The Morgan fingerprint density at radius 2 is 1.69 bits per heavy atom. The van der Waals surface area contributed by atoms with Crippen molar-refractivity contribution in [3.63, 3.8) is 0 Å². The minimum Gasteiger partial charge on any atom is -0.481 e. The van der Waals surface area contributed by atoms with E-state index in [9.17, 15) is 27.9 Å². The van der Waals surface area contributed by atoms with E-state index >= 15 is 0 Å². The van der Waals surface area contributed by atoms with Crippen LogP contribution in [-0.4, -0.2) is 73.1 Å². The number of benzene rings is 2. The molecule has 2 unspecified atom stereocenters. The normalized spacial score (nSPS) is 18.8. The molecule has 2 atom stereocenters. The van der Waals surface area contributed by atoms with Crippen LogP contribution in [0.3, 0.4) is 0 Å². The van der Waals surface area contributed by atoms with E-state index in [0.29, 0.717) is 0 Å². The lowest BCUT2D eigenvalue weighted by atomic mass is 9.98. The highest BCUT2D eigenvalue weighted by molar-refractivity contribution is 7.91. The number of alkyl carbamates (subject to hydrolysis) is 1. The maximum atomic E-state index is 13.1. The van der Waals surface area contributed by atoms with Crippen molar-refractivity contribution in [2.75, 3.05) is 24.7 Å². The molecule has 0 spiro atoms. The fourth-order valence-electron chi connectivity index (χ4n) is 4.97. The molecule has 35 heavy (non-hydrogen) atoms. The zero-order valence-corrected chi connectivity index (χ0v) is 20.2. The van der Waals surface area contributed by atoms with Gasteiger partial charge >= 0.3 is 12.1 Å². The van der Waals surface area contributed by atoms with Gasteiger partial charge in [-0.15, -0.1) is 0 Å². The standard InChI is InChI=1S/C25H28N2O7S/c1-2-27(16-11-12-35(32,33)15-16)24(30)22(13-23(28)29)26-25(31)34-14-21-19-9-5-3-7-17(19)18-8-4-6-10-20(18)21/h3-10,16,21-22H,2,11-15H2,1H3,(H,26,31)(H,28,29). The van der Waals surface area contributed by atoms with Crippen molar-refractivity contribution in [2.45, 2.75) is 37.8 Å². The summed E-state index contributed by atoms with van der Waals surface area (Å²) in [5, 5.41) is 11.7. The molecule has 1 saturated heterocycles. The van der Waals surface area contributed by atoms with Crippen LogP contribution in [0.5, 0.6) is 0 Å². The highest BCUT2D eigenvalue weighted by Gasteiger charge is 2.38. The predicted molar refractivity (Wildman–Crippen MR) is 129 cm³/mol. The van der Waals surface area contributed by atoms with Gasteiger partial charge in [-0.2, -0.15) is 0 Å². The predicted octanol–water partition coefficient (Wildman–Crippen LogP) is 2.40. The molecular formula is C25H28N2O7S. The fourth-order valence-corrected chi connectivity index (χ4v) is 6.70. The summed E-state index contributed by atoms with van der Waals surface area (Å²) < 4.78 is 29.2. The van der Waals surface area contributed by atoms with E-state index < -0.39 is 46.3 Å². The molecule has 2 aromatic carbocycles. The number of hydrogen-bond donors (Lipinski definition) is 2. The van der Waals surface area contributed by atoms with Crippen LogP contribution >= 0.6 is 0 Å². The van der Waals surface area contributed by atoms with Gasteiger partial charge in [-0.3, -0.25) is 9.59 Å². The van der Waals surface area contributed by atoms with Gasteiger partial charge in [-0.05, 0) is 35.6 Å². The molecule has 2 aliphatic rings. The summed E-state index contributed by atoms with van der Waals surface area (Å²) in [6.45, 7) is 1.90. The number of carboxylic acids is 1. The second kappa shape index (κ2) is 10.1. The summed E-state index contributed by atoms with van der Waals surface area (Å²) in [7, 11) is -3.25. The highest BCUT2D eigenvalue weighted by Crippen LogP contribution is 2.44. The van der Waals surface area contributed by atoms with Gasteiger partial charge in [0.25, 0.3) is 0 Å². The number of hydrogen-bond acceptors (Lipinski definition) is 6. The molecule has 2 aromatic rings. The Bertz CT molecular complexity index is 1200. The monoisotopic (exact) mass is 500 g/mol. The summed E-state index contributed by atoms with van der Waals surface area (Å²) in [6.07, 6.45) is -1.26. The first-order valence-corrected chi connectivity index (χ1v) is 13.4. The van der Waals surface area contributed by atoms with Crippen LogP contribution in [0, 0.1) is 0 Å². The molecule has 0 saturated carbocycles. The summed E-state index contributed by atoms with van der Waals surface area (Å²) in [5.74, 6) is -2.28. The molecule has 9 nitrogen and oxygen atoms in total. The summed E-state index contributed by atoms with van der Waals surface area (Å²) in [5.41, 5.74) is 4.20. The highest BCUT2D eigenvalue weighted by atomic mass is 32.2. The van der Waals surface area contributed by atoms with Gasteiger partial charge < -0.3 is 20.1 Å². The van der Waals surface area contributed by atoms with Gasteiger partial charge in [-0.25, -0.2) is 13.2 Å². The Hall–Kier alpha value is -3.40. The molecule has 0 aromatic heterocycles. The van der Waals surface area contributed by atoms with Crippen LogP contribution in [0.15, 0.2) is 48.5 Å². The molecule has 186 valence electrons. The molecule has 0 radical (unpaired) electrons. The molecule has 2 N–H and O–H groups in total. The smallest absolute Gasteiger partial charge is 0.407 e. The topological polar surface area (TPSA) is 130 Å². The number of sulfone groups is 1. The SMILES string of the molecule is CCN(C(=O)C(CC(=O)O)NC(=O)OCC1c2ccccc2-c2ccccc21)C1CCS(=O)(=O)C1. The lowest BCUT2D eigenvalue weighted by molar-refractivity contribution is -0.143. The van der Waals surface area contributed by atoms with Crippen molar-refractivity contribution < 1.29 is 32.6 Å². The minimum absolute atomic E-state index is 0.0200.